The Morgan fingerprint density at radius 1 is 1.22 bits per heavy atom. The predicted octanol–water partition coefficient (Wildman–Crippen LogP) is 2.87. The maximum atomic E-state index is 11.7. The minimum absolute atomic E-state index is 0. The third-order valence-corrected chi connectivity index (χ3v) is 3.91. The van der Waals surface area contributed by atoms with Crippen molar-refractivity contribution < 1.29 is 4.79 Å². The highest BCUT2D eigenvalue weighted by atomic mass is 35.5. The van der Waals surface area contributed by atoms with Gasteiger partial charge in [-0.05, 0) is 50.9 Å². The number of amides is 1. The van der Waals surface area contributed by atoms with Gasteiger partial charge < -0.3 is 11.1 Å². The van der Waals surface area contributed by atoms with E-state index in [2.05, 4.69) is 19.2 Å². The number of nitrogens with one attached hydrogen (secondary N) is 1. The molecule has 1 atom stereocenters. The maximum absolute atomic E-state index is 11.7. The summed E-state index contributed by atoms with van der Waals surface area (Å²) < 4.78 is 0. The van der Waals surface area contributed by atoms with Gasteiger partial charge in [-0.3, -0.25) is 4.79 Å². The predicted molar refractivity (Wildman–Crippen MR) is 78.9 cm³/mol. The molecule has 18 heavy (non-hydrogen) atoms. The van der Waals surface area contributed by atoms with E-state index in [1.807, 2.05) is 6.92 Å². The minimum atomic E-state index is 0. The lowest BCUT2D eigenvalue weighted by molar-refractivity contribution is -0.122. The highest BCUT2D eigenvalue weighted by molar-refractivity contribution is 5.85. The topological polar surface area (TPSA) is 55.1 Å². The van der Waals surface area contributed by atoms with Crippen LogP contribution in [-0.4, -0.2) is 18.0 Å². The maximum Gasteiger partial charge on any atom is 0.220 e. The first kappa shape index (κ1) is 17.7. The van der Waals surface area contributed by atoms with E-state index in [0.29, 0.717) is 12.5 Å². The second-order valence-electron chi connectivity index (χ2n) is 5.94. The van der Waals surface area contributed by atoms with Gasteiger partial charge in [-0.2, -0.15) is 0 Å². The number of hydrogen-bond acceptors (Lipinski definition) is 2. The summed E-state index contributed by atoms with van der Waals surface area (Å²) in [5.74, 6) is 1.81. The van der Waals surface area contributed by atoms with E-state index in [1.54, 1.807) is 0 Å². The number of carbonyl (C=O) groups excluding carboxylic acids is 1. The Hall–Kier alpha value is -0.280. The summed E-state index contributed by atoms with van der Waals surface area (Å²) in [4.78, 5) is 11.7. The molecule has 0 aromatic heterocycles. The van der Waals surface area contributed by atoms with Crippen LogP contribution in [0.2, 0.25) is 0 Å². The molecule has 1 aliphatic rings. The summed E-state index contributed by atoms with van der Waals surface area (Å²) in [6, 6.07) is 0.531. The molecule has 0 saturated heterocycles. The quantitative estimate of drug-likeness (QED) is 0.811. The summed E-state index contributed by atoms with van der Waals surface area (Å²) in [5, 5.41) is 3.14. The van der Waals surface area contributed by atoms with Crippen LogP contribution < -0.4 is 11.1 Å². The SMILES string of the molecule is CC(N)CCC(=O)NC1CCC(C(C)C)CC1.Cl. The normalized spacial score (nSPS) is 25.4. The van der Waals surface area contributed by atoms with Crippen molar-refractivity contribution in [1.29, 1.82) is 0 Å². The highest BCUT2D eigenvalue weighted by Gasteiger charge is 2.23. The second kappa shape index (κ2) is 8.76. The lowest BCUT2D eigenvalue weighted by Gasteiger charge is -2.31. The van der Waals surface area contributed by atoms with E-state index in [1.165, 1.54) is 12.8 Å². The fourth-order valence-electron chi connectivity index (χ4n) is 2.59. The first-order valence-electron chi connectivity index (χ1n) is 7.04. The van der Waals surface area contributed by atoms with Gasteiger partial charge in [0.25, 0.3) is 0 Å². The van der Waals surface area contributed by atoms with Crippen molar-refractivity contribution in [3.8, 4) is 0 Å². The largest absolute Gasteiger partial charge is 0.353 e. The summed E-state index contributed by atoms with van der Waals surface area (Å²) in [7, 11) is 0. The van der Waals surface area contributed by atoms with Gasteiger partial charge in [0.2, 0.25) is 5.91 Å². The monoisotopic (exact) mass is 276 g/mol. The molecule has 0 spiro atoms. The Balaban J connectivity index is 0.00000289. The minimum Gasteiger partial charge on any atom is -0.353 e. The molecule has 108 valence electrons. The van der Waals surface area contributed by atoms with Gasteiger partial charge in [0.1, 0.15) is 0 Å². The molecule has 0 heterocycles. The average molecular weight is 277 g/mol. The van der Waals surface area contributed by atoms with Crippen LogP contribution in [0.3, 0.4) is 0 Å². The molecule has 1 amide bonds. The fourth-order valence-corrected chi connectivity index (χ4v) is 2.59. The number of halogens is 1. The van der Waals surface area contributed by atoms with Crippen molar-refractivity contribution in [3.05, 3.63) is 0 Å². The Morgan fingerprint density at radius 3 is 2.22 bits per heavy atom. The molecule has 0 aromatic rings. The summed E-state index contributed by atoms with van der Waals surface area (Å²) in [5.41, 5.74) is 5.65. The first-order valence-corrected chi connectivity index (χ1v) is 7.04. The number of rotatable bonds is 5. The standard InChI is InChI=1S/C14H28N2O.ClH/c1-10(2)12-5-7-13(8-6-12)16-14(17)9-4-11(3)15;/h10-13H,4-9,15H2,1-3H3,(H,16,17);1H. The summed E-state index contributed by atoms with van der Waals surface area (Å²) in [6.07, 6.45) is 6.17. The van der Waals surface area contributed by atoms with Crippen molar-refractivity contribution in [2.24, 2.45) is 17.6 Å². The first-order chi connectivity index (χ1) is 7.99. The number of nitrogens with two attached hydrogens (primary N) is 1. The van der Waals surface area contributed by atoms with Crippen molar-refractivity contribution in [1.82, 2.24) is 5.32 Å². The number of hydrogen-bond donors (Lipinski definition) is 2. The molecule has 0 aliphatic heterocycles. The summed E-state index contributed by atoms with van der Waals surface area (Å²) in [6.45, 7) is 6.54. The van der Waals surface area contributed by atoms with Crippen LogP contribution in [0, 0.1) is 11.8 Å². The van der Waals surface area contributed by atoms with Crippen LogP contribution in [0.15, 0.2) is 0 Å². The van der Waals surface area contributed by atoms with Crippen LogP contribution in [0.5, 0.6) is 0 Å². The Bertz CT molecular complexity index is 236. The fraction of sp³-hybridized carbons (Fsp3) is 0.929. The van der Waals surface area contributed by atoms with Crippen LogP contribution >= 0.6 is 12.4 Å². The van der Waals surface area contributed by atoms with E-state index >= 15 is 0 Å². The van der Waals surface area contributed by atoms with E-state index < -0.39 is 0 Å². The molecule has 3 nitrogen and oxygen atoms in total. The van der Waals surface area contributed by atoms with Crippen LogP contribution in [0.1, 0.15) is 59.3 Å². The van der Waals surface area contributed by atoms with Gasteiger partial charge in [-0.25, -0.2) is 0 Å². The van der Waals surface area contributed by atoms with Gasteiger partial charge in [0.05, 0.1) is 0 Å². The average Bonchev–Trinajstić information content (AvgIpc) is 2.27. The highest BCUT2D eigenvalue weighted by Crippen LogP contribution is 2.29. The lowest BCUT2D eigenvalue weighted by atomic mass is 9.79. The van der Waals surface area contributed by atoms with Crippen molar-refractivity contribution in [2.45, 2.75) is 71.4 Å². The van der Waals surface area contributed by atoms with Gasteiger partial charge in [-0.1, -0.05) is 13.8 Å². The summed E-state index contributed by atoms with van der Waals surface area (Å²) >= 11 is 0. The molecule has 1 unspecified atom stereocenters. The van der Waals surface area contributed by atoms with E-state index in [0.717, 1.165) is 31.1 Å². The third kappa shape index (κ3) is 6.60. The van der Waals surface area contributed by atoms with Gasteiger partial charge in [-0.15, -0.1) is 12.4 Å². The molecule has 3 N–H and O–H groups in total. The third-order valence-electron chi connectivity index (χ3n) is 3.91. The molecule has 1 saturated carbocycles. The van der Waals surface area contributed by atoms with E-state index in [-0.39, 0.29) is 24.4 Å². The lowest BCUT2D eigenvalue weighted by Crippen LogP contribution is -2.38. The molecule has 1 fully saturated rings. The Kier molecular flexibility index (Phi) is 8.62. The molecule has 0 radical (unpaired) electrons. The van der Waals surface area contributed by atoms with Crippen LogP contribution in [0.4, 0.5) is 0 Å². The van der Waals surface area contributed by atoms with Crippen molar-refractivity contribution >= 4 is 18.3 Å². The molecule has 1 aliphatic carbocycles. The molecule has 4 heteroatoms. The van der Waals surface area contributed by atoms with Gasteiger partial charge in [0.15, 0.2) is 0 Å². The molecule has 0 bridgehead atoms. The second-order valence-corrected chi connectivity index (χ2v) is 5.94. The molecular weight excluding hydrogens is 248 g/mol. The molecule has 1 rings (SSSR count). The van der Waals surface area contributed by atoms with E-state index in [9.17, 15) is 4.79 Å². The zero-order chi connectivity index (χ0) is 12.8. The van der Waals surface area contributed by atoms with E-state index in [4.69, 9.17) is 5.73 Å². The zero-order valence-corrected chi connectivity index (χ0v) is 12.8. The van der Waals surface area contributed by atoms with Gasteiger partial charge >= 0.3 is 0 Å². The smallest absolute Gasteiger partial charge is 0.220 e. The molecular formula is C14H29ClN2O. The number of carbonyl (C=O) groups is 1. The zero-order valence-electron chi connectivity index (χ0n) is 11.9. The Morgan fingerprint density at radius 2 is 1.78 bits per heavy atom. The van der Waals surface area contributed by atoms with Crippen LogP contribution in [-0.2, 0) is 4.79 Å². The van der Waals surface area contributed by atoms with Crippen molar-refractivity contribution in [3.63, 3.8) is 0 Å². The van der Waals surface area contributed by atoms with Crippen molar-refractivity contribution in [2.75, 3.05) is 0 Å². The molecule has 0 aromatic carbocycles. The van der Waals surface area contributed by atoms with Gasteiger partial charge in [0, 0.05) is 18.5 Å². The Labute approximate surface area is 118 Å². The van der Waals surface area contributed by atoms with Crippen LogP contribution in [0.25, 0.3) is 0 Å².